The van der Waals surface area contributed by atoms with Gasteiger partial charge in [-0.05, 0) is 61.0 Å². The van der Waals surface area contributed by atoms with Crippen molar-refractivity contribution in [2.45, 2.75) is 13.0 Å². The van der Waals surface area contributed by atoms with Gasteiger partial charge in [-0.25, -0.2) is 4.79 Å². The van der Waals surface area contributed by atoms with Crippen LogP contribution in [0.15, 0.2) is 71.3 Å². The van der Waals surface area contributed by atoms with Crippen LogP contribution in [0.3, 0.4) is 0 Å². The largest absolute Gasteiger partial charge is 0.508 e. The van der Waals surface area contributed by atoms with Crippen LogP contribution < -0.4 is 4.90 Å². The van der Waals surface area contributed by atoms with E-state index in [0.29, 0.717) is 34.0 Å². The molecule has 0 saturated carbocycles. The van der Waals surface area contributed by atoms with Gasteiger partial charge in [-0.15, -0.1) is 0 Å². The van der Waals surface area contributed by atoms with E-state index in [1.807, 2.05) is 0 Å². The Balaban J connectivity index is 1.62. The Morgan fingerprint density at radius 2 is 1.91 bits per heavy atom. The van der Waals surface area contributed by atoms with Gasteiger partial charge in [-0.3, -0.25) is 14.8 Å². The fraction of sp³-hybridized carbons (Fsp3) is 0.125. The second-order valence-electron chi connectivity index (χ2n) is 7.27. The van der Waals surface area contributed by atoms with Gasteiger partial charge in [-0.2, -0.15) is 5.10 Å². The molecule has 0 unspecified atom stereocenters. The van der Waals surface area contributed by atoms with E-state index in [4.69, 9.17) is 9.15 Å². The standard InChI is InChI=1S/C24H19N3O5/c1-2-31-24(30)15-5-9-16(10-6-15)27-22(14-7-11-17(28)12-8-14)19-20(18-4-3-13-32-18)25-26-21(19)23(27)29/h3-13,22,28H,2H2,1H3,(H,25,26)/t22-/m0/s1. The third-order valence-electron chi connectivity index (χ3n) is 5.39. The van der Waals surface area contributed by atoms with Crippen LogP contribution in [0, 0.1) is 0 Å². The van der Waals surface area contributed by atoms with Crippen LogP contribution >= 0.6 is 0 Å². The third-order valence-corrected chi connectivity index (χ3v) is 5.39. The van der Waals surface area contributed by atoms with Crippen LogP contribution in [-0.2, 0) is 4.74 Å². The van der Waals surface area contributed by atoms with Gasteiger partial charge in [0.25, 0.3) is 5.91 Å². The topological polar surface area (TPSA) is 109 Å². The van der Waals surface area contributed by atoms with Gasteiger partial charge in [0, 0.05) is 11.3 Å². The summed E-state index contributed by atoms with van der Waals surface area (Å²) >= 11 is 0. The number of fused-ring (bicyclic) bond motifs is 1. The monoisotopic (exact) mass is 429 g/mol. The van der Waals surface area contributed by atoms with Crippen molar-refractivity contribution in [2.24, 2.45) is 0 Å². The van der Waals surface area contributed by atoms with Gasteiger partial charge in [0.2, 0.25) is 0 Å². The summed E-state index contributed by atoms with van der Waals surface area (Å²) in [6.07, 6.45) is 1.56. The lowest BCUT2D eigenvalue weighted by Gasteiger charge is -2.26. The van der Waals surface area contributed by atoms with E-state index >= 15 is 0 Å². The van der Waals surface area contributed by atoms with Crippen LogP contribution in [-0.4, -0.2) is 33.8 Å². The number of rotatable bonds is 5. The number of hydrogen-bond acceptors (Lipinski definition) is 6. The van der Waals surface area contributed by atoms with Crippen molar-refractivity contribution < 1.29 is 23.8 Å². The molecule has 8 heteroatoms. The van der Waals surface area contributed by atoms with E-state index in [9.17, 15) is 14.7 Å². The van der Waals surface area contributed by atoms with Gasteiger partial charge >= 0.3 is 5.97 Å². The number of anilines is 1. The summed E-state index contributed by atoms with van der Waals surface area (Å²) in [4.78, 5) is 27.1. The van der Waals surface area contributed by atoms with Crippen LogP contribution in [0.1, 0.15) is 44.9 Å². The van der Waals surface area contributed by atoms with Gasteiger partial charge in [0.1, 0.15) is 11.4 Å². The van der Waals surface area contributed by atoms with E-state index in [2.05, 4.69) is 10.2 Å². The van der Waals surface area contributed by atoms with Gasteiger partial charge in [0.15, 0.2) is 11.5 Å². The summed E-state index contributed by atoms with van der Waals surface area (Å²) in [5, 5.41) is 17.0. The first kappa shape index (κ1) is 19.6. The molecular weight excluding hydrogens is 410 g/mol. The zero-order valence-corrected chi connectivity index (χ0v) is 17.1. The molecule has 1 aliphatic heterocycles. The van der Waals surface area contributed by atoms with E-state index in [1.54, 1.807) is 78.8 Å². The van der Waals surface area contributed by atoms with Crippen LogP contribution in [0.2, 0.25) is 0 Å². The molecule has 32 heavy (non-hydrogen) atoms. The summed E-state index contributed by atoms with van der Waals surface area (Å²) in [5.74, 6) is -0.0110. The predicted octanol–water partition coefficient (Wildman–Crippen LogP) is 4.30. The number of H-pyrrole nitrogens is 1. The number of hydrogen-bond donors (Lipinski definition) is 2. The Labute approximate surface area is 183 Å². The molecule has 1 aliphatic rings. The molecule has 0 aliphatic carbocycles. The molecule has 0 fully saturated rings. The molecule has 8 nitrogen and oxygen atoms in total. The number of amides is 1. The second kappa shape index (κ2) is 7.73. The number of nitrogens with one attached hydrogen (secondary N) is 1. The Hall–Kier alpha value is -4.33. The van der Waals surface area contributed by atoms with E-state index in [0.717, 1.165) is 5.56 Å². The molecule has 2 aromatic carbocycles. The first-order chi connectivity index (χ1) is 15.6. The maximum absolute atomic E-state index is 13.4. The lowest BCUT2D eigenvalue weighted by atomic mass is 9.97. The average Bonchev–Trinajstić information content (AvgIpc) is 3.53. The van der Waals surface area contributed by atoms with Crippen LogP contribution in [0.25, 0.3) is 11.5 Å². The lowest BCUT2D eigenvalue weighted by molar-refractivity contribution is 0.0526. The molecule has 160 valence electrons. The van der Waals surface area contributed by atoms with E-state index in [-0.39, 0.29) is 18.3 Å². The van der Waals surface area contributed by atoms with Gasteiger partial charge in [-0.1, -0.05) is 12.1 Å². The zero-order valence-electron chi connectivity index (χ0n) is 17.1. The maximum atomic E-state index is 13.4. The molecule has 0 saturated heterocycles. The minimum Gasteiger partial charge on any atom is -0.508 e. The number of aromatic hydroxyl groups is 1. The molecular formula is C24H19N3O5. The number of furan rings is 1. The first-order valence-corrected chi connectivity index (χ1v) is 10.1. The summed E-state index contributed by atoms with van der Waals surface area (Å²) in [6, 6.07) is 16.4. The summed E-state index contributed by atoms with van der Waals surface area (Å²) < 4.78 is 10.6. The summed E-state index contributed by atoms with van der Waals surface area (Å²) in [6.45, 7) is 2.03. The number of phenols is 1. The number of phenolic OH excluding ortho intramolecular Hbond substituents is 1. The number of aromatic amines is 1. The van der Waals surface area contributed by atoms with Crippen molar-refractivity contribution in [1.82, 2.24) is 10.2 Å². The highest BCUT2D eigenvalue weighted by Crippen LogP contribution is 2.45. The first-order valence-electron chi connectivity index (χ1n) is 10.1. The minimum atomic E-state index is -0.509. The quantitative estimate of drug-likeness (QED) is 0.458. The van der Waals surface area contributed by atoms with Gasteiger partial charge < -0.3 is 14.3 Å². The molecule has 1 atom stereocenters. The number of esters is 1. The van der Waals surface area contributed by atoms with Crippen molar-refractivity contribution in [3.8, 4) is 17.2 Å². The molecule has 4 aromatic rings. The Morgan fingerprint density at radius 3 is 2.56 bits per heavy atom. The number of nitrogens with zero attached hydrogens (tertiary/aromatic N) is 2. The van der Waals surface area contributed by atoms with Crippen LogP contribution in [0.4, 0.5) is 5.69 Å². The smallest absolute Gasteiger partial charge is 0.338 e. The van der Waals surface area contributed by atoms with Crippen molar-refractivity contribution in [3.05, 3.63) is 89.3 Å². The molecule has 1 amide bonds. The summed E-state index contributed by atoms with van der Waals surface area (Å²) in [7, 11) is 0. The van der Waals surface area contributed by atoms with Crippen LogP contribution in [0.5, 0.6) is 5.75 Å². The highest BCUT2D eigenvalue weighted by molar-refractivity contribution is 6.11. The lowest BCUT2D eigenvalue weighted by Crippen LogP contribution is -2.29. The molecule has 2 aromatic heterocycles. The van der Waals surface area contributed by atoms with Crippen molar-refractivity contribution in [2.75, 3.05) is 11.5 Å². The van der Waals surface area contributed by atoms with Crippen molar-refractivity contribution in [1.29, 1.82) is 0 Å². The molecule has 5 rings (SSSR count). The molecule has 0 radical (unpaired) electrons. The normalized spacial score (nSPS) is 15.1. The third kappa shape index (κ3) is 3.13. The van der Waals surface area contributed by atoms with Crippen molar-refractivity contribution in [3.63, 3.8) is 0 Å². The Morgan fingerprint density at radius 1 is 1.16 bits per heavy atom. The highest BCUT2D eigenvalue weighted by Gasteiger charge is 2.43. The minimum absolute atomic E-state index is 0.127. The van der Waals surface area contributed by atoms with E-state index < -0.39 is 12.0 Å². The Bertz CT molecular complexity index is 1270. The SMILES string of the molecule is CCOC(=O)c1ccc(N2C(=O)c3n[nH]c(-c4ccco4)c3[C@@H]2c2ccc(O)cc2)cc1. The molecule has 2 N–H and O–H groups in total. The molecule has 0 bridgehead atoms. The maximum Gasteiger partial charge on any atom is 0.338 e. The average molecular weight is 429 g/mol. The molecule has 0 spiro atoms. The Kier molecular flexibility index (Phi) is 4.74. The van der Waals surface area contributed by atoms with Crippen molar-refractivity contribution >= 4 is 17.6 Å². The number of ether oxygens (including phenoxy) is 1. The fourth-order valence-electron chi connectivity index (χ4n) is 3.96. The number of carbonyl (C=O) groups is 2. The number of carbonyl (C=O) groups excluding carboxylic acids is 2. The molecule has 3 heterocycles. The zero-order chi connectivity index (χ0) is 22.2. The number of aromatic nitrogens is 2. The predicted molar refractivity (Wildman–Crippen MR) is 115 cm³/mol. The summed E-state index contributed by atoms with van der Waals surface area (Å²) in [5.41, 5.74) is 3.39. The van der Waals surface area contributed by atoms with Gasteiger partial charge in [0.05, 0.1) is 24.5 Å². The highest BCUT2D eigenvalue weighted by atomic mass is 16.5. The second-order valence-corrected chi connectivity index (χ2v) is 7.27. The fourth-order valence-corrected chi connectivity index (χ4v) is 3.96. The van der Waals surface area contributed by atoms with E-state index in [1.165, 1.54) is 0 Å². The number of benzene rings is 2.